The molecular formula is C23H22BrClN2O2S. The molecule has 1 heterocycles. The Labute approximate surface area is 195 Å². The third-order valence-corrected chi connectivity index (χ3v) is 6.47. The molecule has 1 saturated heterocycles. The summed E-state index contributed by atoms with van der Waals surface area (Å²) in [7, 11) is 0. The second kappa shape index (κ2) is 9.50. The van der Waals surface area contributed by atoms with Crippen LogP contribution >= 0.6 is 39.7 Å². The van der Waals surface area contributed by atoms with Crippen LogP contribution in [-0.2, 0) is 11.4 Å². The Morgan fingerprint density at radius 1 is 1.17 bits per heavy atom. The normalized spacial score (nSPS) is 18.7. The maximum absolute atomic E-state index is 13.1. The van der Waals surface area contributed by atoms with Crippen molar-refractivity contribution >= 4 is 56.8 Å². The summed E-state index contributed by atoms with van der Waals surface area (Å²) in [4.78, 5) is 14.8. The van der Waals surface area contributed by atoms with Gasteiger partial charge in [-0.05, 0) is 67.0 Å². The van der Waals surface area contributed by atoms with Crippen LogP contribution in [0.15, 0.2) is 52.6 Å². The maximum atomic E-state index is 13.1. The summed E-state index contributed by atoms with van der Waals surface area (Å²) in [5.74, 6) is 0.632. The van der Waals surface area contributed by atoms with E-state index >= 15 is 0 Å². The molecule has 1 aliphatic heterocycles. The van der Waals surface area contributed by atoms with Crippen LogP contribution in [0, 0.1) is 0 Å². The van der Waals surface area contributed by atoms with Gasteiger partial charge in [0.05, 0.1) is 0 Å². The largest absolute Gasteiger partial charge is 0.488 e. The predicted octanol–water partition coefficient (Wildman–Crippen LogP) is 6.07. The molecule has 2 aliphatic rings. The standard InChI is InChI=1S/C23H22BrClN2O2S/c24-17-8-11-21(29-14-15-6-9-18(25)10-7-15)16(12-17)13-20-22(28)27(23(30)26-20)19-4-2-1-3-5-19/h6-13,19H,1-5,14H2,(H,26,30)/b20-13-. The van der Waals surface area contributed by atoms with Crippen molar-refractivity contribution in [1.82, 2.24) is 10.2 Å². The summed E-state index contributed by atoms with van der Waals surface area (Å²) in [5.41, 5.74) is 2.31. The molecule has 4 rings (SSSR count). The minimum atomic E-state index is -0.0597. The van der Waals surface area contributed by atoms with Crippen LogP contribution in [0.5, 0.6) is 5.75 Å². The fourth-order valence-electron chi connectivity index (χ4n) is 3.88. The number of ether oxygens (including phenoxy) is 1. The molecule has 1 saturated carbocycles. The molecule has 30 heavy (non-hydrogen) atoms. The first-order chi connectivity index (χ1) is 14.5. The fourth-order valence-corrected chi connectivity index (χ4v) is 4.73. The van der Waals surface area contributed by atoms with Gasteiger partial charge in [0, 0.05) is 21.1 Å². The highest BCUT2D eigenvalue weighted by atomic mass is 79.9. The monoisotopic (exact) mass is 504 g/mol. The second-order valence-electron chi connectivity index (χ2n) is 7.55. The average molecular weight is 506 g/mol. The molecule has 0 bridgehead atoms. The van der Waals surface area contributed by atoms with E-state index in [4.69, 9.17) is 28.6 Å². The first-order valence-corrected chi connectivity index (χ1v) is 11.6. The van der Waals surface area contributed by atoms with E-state index in [9.17, 15) is 4.79 Å². The first kappa shape index (κ1) is 21.3. The summed E-state index contributed by atoms with van der Waals surface area (Å²) in [5, 5.41) is 4.30. The zero-order valence-electron chi connectivity index (χ0n) is 16.4. The number of thiocarbonyl (C=S) groups is 1. The average Bonchev–Trinajstić information content (AvgIpc) is 3.02. The van der Waals surface area contributed by atoms with Gasteiger partial charge < -0.3 is 10.1 Å². The van der Waals surface area contributed by atoms with Gasteiger partial charge in [0.25, 0.3) is 5.91 Å². The quantitative estimate of drug-likeness (QED) is 0.395. The van der Waals surface area contributed by atoms with E-state index in [1.165, 1.54) is 6.42 Å². The van der Waals surface area contributed by atoms with Gasteiger partial charge in [-0.15, -0.1) is 0 Å². The molecule has 1 aliphatic carbocycles. The zero-order chi connectivity index (χ0) is 21.1. The summed E-state index contributed by atoms with van der Waals surface area (Å²) >= 11 is 14.9. The molecule has 156 valence electrons. The van der Waals surface area contributed by atoms with Gasteiger partial charge in [-0.1, -0.05) is 58.9 Å². The van der Waals surface area contributed by atoms with Gasteiger partial charge in [0.1, 0.15) is 18.1 Å². The zero-order valence-corrected chi connectivity index (χ0v) is 19.5. The number of halogens is 2. The van der Waals surface area contributed by atoms with Crippen molar-refractivity contribution in [2.75, 3.05) is 0 Å². The molecule has 0 aromatic heterocycles. The van der Waals surface area contributed by atoms with E-state index < -0.39 is 0 Å². The van der Waals surface area contributed by atoms with Crippen LogP contribution in [0.2, 0.25) is 5.02 Å². The van der Waals surface area contributed by atoms with Crippen LogP contribution in [0.4, 0.5) is 0 Å². The maximum Gasteiger partial charge on any atom is 0.276 e. The van der Waals surface area contributed by atoms with Gasteiger partial charge in [-0.25, -0.2) is 0 Å². The van der Waals surface area contributed by atoms with E-state index in [1.54, 1.807) is 4.90 Å². The molecule has 0 unspecified atom stereocenters. The molecule has 0 radical (unpaired) electrons. The Kier molecular flexibility index (Phi) is 6.76. The summed E-state index contributed by atoms with van der Waals surface area (Å²) in [6.45, 7) is 0.406. The number of rotatable bonds is 5. The van der Waals surface area contributed by atoms with Crippen molar-refractivity contribution in [1.29, 1.82) is 0 Å². The van der Waals surface area contributed by atoms with Gasteiger partial charge in [-0.2, -0.15) is 0 Å². The molecule has 1 N–H and O–H groups in total. The predicted molar refractivity (Wildman–Crippen MR) is 127 cm³/mol. The number of carbonyl (C=O) groups excluding carboxylic acids is 1. The Morgan fingerprint density at radius 2 is 1.90 bits per heavy atom. The summed E-state index contributed by atoms with van der Waals surface area (Å²) < 4.78 is 6.95. The first-order valence-electron chi connectivity index (χ1n) is 10.0. The minimum absolute atomic E-state index is 0.0597. The van der Waals surface area contributed by atoms with Gasteiger partial charge in [0.2, 0.25) is 0 Å². The summed E-state index contributed by atoms with van der Waals surface area (Å²) in [6.07, 6.45) is 7.35. The molecule has 2 fully saturated rings. The Morgan fingerprint density at radius 3 is 2.63 bits per heavy atom. The van der Waals surface area contributed by atoms with Crippen molar-refractivity contribution in [3.05, 3.63) is 68.8 Å². The molecule has 4 nitrogen and oxygen atoms in total. The highest BCUT2D eigenvalue weighted by Gasteiger charge is 2.36. The second-order valence-corrected chi connectivity index (χ2v) is 9.29. The van der Waals surface area contributed by atoms with E-state index in [-0.39, 0.29) is 11.9 Å². The number of nitrogens with one attached hydrogen (secondary N) is 1. The van der Waals surface area contributed by atoms with Crippen molar-refractivity contribution < 1.29 is 9.53 Å². The van der Waals surface area contributed by atoms with Gasteiger partial charge in [-0.3, -0.25) is 9.69 Å². The lowest BCUT2D eigenvalue weighted by Gasteiger charge is -2.29. The van der Waals surface area contributed by atoms with Crippen LogP contribution in [0.1, 0.15) is 43.2 Å². The van der Waals surface area contributed by atoms with Crippen molar-refractivity contribution in [3.8, 4) is 5.75 Å². The third-order valence-electron chi connectivity index (χ3n) is 5.43. The smallest absolute Gasteiger partial charge is 0.276 e. The van der Waals surface area contributed by atoms with Crippen LogP contribution in [0.25, 0.3) is 6.08 Å². The molecule has 1 amide bonds. The fraction of sp³-hybridized carbons (Fsp3) is 0.304. The number of amides is 1. The molecule has 2 aromatic rings. The van der Waals surface area contributed by atoms with E-state index in [1.807, 2.05) is 48.5 Å². The van der Waals surface area contributed by atoms with Crippen molar-refractivity contribution in [2.24, 2.45) is 0 Å². The van der Waals surface area contributed by atoms with Gasteiger partial charge >= 0.3 is 0 Å². The topological polar surface area (TPSA) is 41.6 Å². The SMILES string of the molecule is O=C1/C(=C/c2cc(Br)ccc2OCc2ccc(Cl)cc2)NC(=S)N1C1CCCCC1. The van der Waals surface area contributed by atoms with Crippen LogP contribution in [-0.4, -0.2) is 22.0 Å². The Balaban J connectivity index is 1.55. The van der Waals surface area contributed by atoms with Crippen LogP contribution in [0.3, 0.4) is 0 Å². The Bertz CT molecular complexity index is 987. The number of carbonyl (C=O) groups is 1. The lowest BCUT2D eigenvalue weighted by Crippen LogP contribution is -2.41. The highest BCUT2D eigenvalue weighted by Crippen LogP contribution is 2.30. The number of hydrogen-bond donors (Lipinski definition) is 1. The molecule has 0 spiro atoms. The Hall–Kier alpha value is -1.89. The molecular weight excluding hydrogens is 484 g/mol. The van der Waals surface area contributed by atoms with Gasteiger partial charge in [0.15, 0.2) is 5.11 Å². The number of benzene rings is 2. The third kappa shape index (κ3) is 4.88. The van der Waals surface area contributed by atoms with Crippen molar-refractivity contribution in [2.45, 2.75) is 44.8 Å². The van der Waals surface area contributed by atoms with E-state index in [2.05, 4.69) is 21.2 Å². The number of nitrogens with zero attached hydrogens (tertiary/aromatic N) is 1. The van der Waals surface area contributed by atoms with Crippen LogP contribution < -0.4 is 10.1 Å². The van der Waals surface area contributed by atoms with Crippen molar-refractivity contribution in [3.63, 3.8) is 0 Å². The lowest BCUT2D eigenvalue weighted by molar-refractivity contribution is -0.124. The molecule has 7 heteroatoms. The summed E-state index contributed by atoms with van der Waals surface area (Å²) in [6, 6.07) is 13.5. The van der Waals surface area contributed by atoms with E-state index in [0.717, 1.165) is 41.3 Å². The molecule has 0 atom stereocenters. The van der Waals surface area contributed by atoms with E-state index in [0.29, 0.717) is 28.2 Å². The molecule has 2 aromatic carbocycles. The minimum Gasteiger partial charge on any atom is -0.488 e. The number of hydrogen-bond acceptors (Lipinski definition) is 3. The lowest BCUT2D eigenvalue weighted by atomic mass is 9.94. The highest BCUT2D eigenvalue weighted by molar-refractivity contribution is 9.10.